The van der Waals surface area contributed by atoms with Crippen molar-refractivity contribution in [2.24, 2.45) is 0 Å². The van der Waals surface area contributed by atoms with Gasteiger partial charge in [-0.05, 0) is 19.9 Å². The smallest absolute Gasteiger partial charge is 0.421 e. The number of hydrogen-bond acceptors (Lipinski definition) is 6. The van der Waals surface area contributed by atoms with Crippen LogP contribution < -0.4 is 14.5 Å². The van der Waals surface area contributed by atoms with Crippen LogP contribution in [0.3, 0.4) is 0 Å². The summed E-state index contributed by atoms with van der Waals surface area (Å²) in [6.45, 7) is 2.95. The predicted molar refractivity (Wildman–Crippen MR) is 99.2 cm³/mol. The Kier molecular flexibility index (Phi) is 4.79. The lowest BCUT2D eigenvalue weighted by atomic mass is 10.1. The minimum atomic E-state index is -5.12. The monoisotopic (exact) mass is 456 g/mol. The quantitative estimate of drug-likeness (QED) is 0.393. The van der Waals surface area contributed by atoms with E-state index in [4.69, 9.17) is 9.47 Å². The Bertz CT molecular complexity index is 1090. The molecule has 1 aliphatic carbocycles. The molecule has 1 spiro atoms. The maximum atomic E-state index is 14.9. The molecule has 3 amide bonds. The molecular weight excluding hydrogens is 440 g/mol. The van der Waals surface area contributed by atoms with Gasteiger partial charge in [-0.2, -0.15) is 13.2 Å². The molecule has 0 aromatic heterocycles. The van der Waals surface area contributed by atoms with Gasteiger partial charge in [-0.15, -0.1) is 0 Å². The number of benzene rings is 1. The van der Waals surface area contributed by atoms with Gasteiger partial charge in [0.25, 0.3) is 17.7 Å². The number of nitrogens with zero attached hydrogens (tertiary/aromatic N) is 2. The summed E-state index contributed by atoms with van der Waals surface area (Å²) in [6, 6.07) is 0.430. The van der Waals surface area contributed by atoms with E-state index in [-0.39, 0.29) is 29.0 Å². The number of anilines is 2. The van der Waals surface area contributed by atoms with E-state index in [0.717, 1.165) is 17.0 Å². The molecule has 1 unspecified atom stereocenters. The van der Waals surface area contributed by atoms with Crippen LogP contribution in [0.4, 0.5) is 28.9 Å². The standard InChI is InChI=1S/C20H16F4N2O6/c1-3-31-17(29)9(2)25-13-8-12(26-15(27)6-10(16(26)28)20(22,23)24)11(21)7-14(13)32-19(4-5-19)18(25)30/h6-9H,3-5H2,1-2H3. The first-order valence-electron chi connectivity index (χ1n) is 9.61. The molecule has 0 radical (unpaired) electrons. The topological polar surface area (TPSA) is 93.2 Å². The van der Waals surface area contributed by atoms with Crippen molar-refractivity contribution in [3.8, 4) is 5.75 Å². The second-order valence-corrected chi connectivity index (χ2v) is 7.51. The number of fused-ring (bicyclic) bond motifs is 1. The van der Waals surface area contributed by atoms with Crippen molar-refractivity contribution in [1.82, 2.24) is 0 Å². The van der Waals surface area contributed by atoms with Crippen molar-refractivity contribution >= 4 is 35.1 Å². The Balaban J connectivity index is 1.80. The lowest BCUT2D eigenvalue weighted by molar-refractivity contribution is -0.146. The molecule has 3 aliphatic rings. The highest BCUT2D eigenvalue weighted by molar-refractivity contribution is 6.31. The minimum absolute atomic E-state index is 0.0248. The number of carbonyl (C=O) groups excluding carboxylic acids is 4. The first kappa shape index (κ1) is 21.8. The largest absolute Gasteiger partial charge is 0.475 e. The average molecular weight is 456 g/mol. The third kappa shape index (κ3) is 3.21. The Morgan fingerprint density at radius 2 is 1.88 bits per heavy atom. The van der Waals surface area contributed by atoms with E-state index in [1.54, 1.807) is 6.92 Å². The van der Waals surface area contributed by atoms with Crippen molar-refractivity contribution in [3.05, 3.63) is 29.6 Å². The third-order valence-electron chi connectivity index (χ3n) is 5.39. The highest BCUT2D eigenvalue weighted by Gasteiger charge is 2.59. The molecule has 2 aliphatic heterocycles. The molecule has 1 fully saturated rings. The molecule has 1 saturated carbocycles. The molecule has 0 saturated heterocycles. The molecular formula is C20H16F4N2O6. The predicted octanol–water partition coefficient (Wildman–Crippen LogP) is 2.40. The Morgan fingerprint density at radius 1 is 1.22 bits per heavy atom. The van der Waals surface area contributed by atoms with Gasteiger partial charge >= 0.3 is 12.1 Å². The number of rotatable bonds is 4. The Labute approximate surface area is 178 Å². The molecule has 1 aromatic carbocycles. The fourth-order valence-corrected chi connectivity index (χ4v) is 3.64. The number of imide groups is 1. The number of alkyl halides is 3. The number of esters is 1. The number of halogens is 4. The average Bonchev–Trinajstić information content (AvgIpc) is 3.40. The van der Waals surface area contributed by atoms with E-state index in [2.05, 4.69) is 0 Å². The van der Waals surface area contributed by atoms with E-state index >= 15 is 0 Å². The summed E-state index contributed by atoms with van der Waals surface area (Å²) >= 11 is 0. The summed E-state index contributed by atoms with van der Waals surface area (Å²) in [5, 5.41) is 0. The molecule has 12 heteroatoms. The third-order valence-corrected chi connectivity index (χ3v) is 5.39. The van der Waals surface area contributed by atoms with Crippen molar-refractivity contribution in [2.45, 2.75) is 44.5 Å². The van der Waals surface area contributed by atoms with Gasteiger partial charge in [0.1, 0.15) is 17.4 Å². The van der Waals surface area contributed by atoms with Crippen molar-refractivity contribution < 1.29 is 46.2 Å². The second kappa shape index (κ2) is 7.04. The number of hydrogen-bond donors (Lipinski definition) is 0. The minimum Gasteiger partial charge on any atom is -0.475 e. The highest BCUT2D eigenvalue weighted by atomic mass is 19.4. The Morgan fingerprint density at radius 3 is 2.41 bits per heavy atom. The molecule has 0 N–H and O–H groups in total. The molecule has 2 heterocycles. The summed E-state index contributed by atoms with van der Waals surface area (Å²) in [5.74, 6) is -5.90. The first-order valence-corrected chi connectivity index (χ1v) is 9.61. The van der Waals surface area contributed by atoms with E-state index in [9.17, 15) is 36.7 Å². The van der Waals surface area contributed by atoms with Crippen LogP contribution in [0.1, 0.15) is 26.7 Å². The van der Waals surface area contributed by atoms with E-state index in [0.29, 0.717) is 12.8 Å². The van der Waals surface area contributed by atoms with Crippen LogP contribution in [-0.2, 0) is 23.9 Å². The first-order chi connectivity index (χ1) is 14.9. The van der Waals surface area contributed by atoms with Gasteiger partial charge in [-0.1, -0.05) is 0 Å². The summed E-state index contributed by atoms with van der Waals surface area (Å²) < 4.78 is 64.5. The molecule has 4 rings (SSSR count). The normalized spacial score (nSPS) is 20.2. The van der Waals surface area contributed by atoms with Crippen molar-refractivity contribution in [3.63, 3.8) is 0 Å². The number of amides is 3. The van der Waals surface area contributed by atoms with E-state index < -0.39 is 58.6 Å². The fraction of sp³-hybridized carbons (Fsp3) is 0.400. The number of ether oxygens (including phenoxy) is 2. The molecule has 32 heavy (non-hydrogen) atoms. The molecule has 1 atom stereocenters. The lowest BCUT2D eigenvalue weighted by Gasteiger charge is -2.37. The van der Waals surface area contributed by atoms with Crippen LogP contribution >= 0.6 is 0 Å². The fourth-order valence-electron chi connectivity index (χ4n) is 3.64. The van der Waals surface area contributed by atoms with Crippen LogP contribution in [-0.4, -0.2) is 48.1 Å². The zero-order chi connectivity index (χ0) is 23.6. The molecule has 0 bridgehead atoms. The zero-order valence-electron chi connectivity index (χ0n) is 16.8. The van der Waals surface area contributed by atoms with Crippen LogP contribution in [0.15, 0.2) is 23.8 Å². The van der Waals surface area contributed by atoms with Gasteiger partial charge in [0, 0.05) is 25.0 Å². The zero-order valence-corrected chi connectivity index (χ0v) is 16.8. The number of carbonyl (C=O) groups is 4. The molecule has 8 nitrogen and oxygen atoms in total. The maximum Gasteiger partial charge on any atom is 0.421 e. The molecule has 170 valence electrons. The van der Waals surface area contributed by atoms with Gasteiger partial charge in [-0.3, -0.25) is 19.3 Å². The Hall–Kier alpha value is -3.44. The lowest BCUT2D eigenvalue weighted by Crippen LogP contribution is -2.54. The summed E-state index contributed by atoms with van der Waals surface area (Å²) in [6.07, 6.45) is -4.40. The maximum absolute atomic E-state index is 14.9. The van der Waals surface area contributed by atoms with Crippen LogP contribution in [0.5, 0.6) is 5.75 Å². The van der Waals surface area contributed by atoms with Gasteiger partial charge in [-0.25, -0.2) is 14.1 Å². The van der Waals surface area contributed by atoms with E-state index in [1.165, 1.54) is 6.92 Å². The van der Waals surface area contributed by atoms with Gasteiger partial charge in [0.2, 0.25) is 0 Å². The van der Waals surface area contributed by atoms with Crippen LogP contribution in [0.2, 0.25) is 0 Å². The van der Waals surface area contributed by atoms with Crippen LogP contribution in [0, 0.1) is 5.82 Å². The van der Waals surface area contributed by atoms with Gasteiger partial charge in [0.05, 0.1) is 18.0 Å². The SMILES string of the molecule is CCOC(=O)C(C)N1C(=O)C2(CC2)Oc2cc(F)c(N3C(=O)C=C(C(F)(F)F)C3=O)cc21. The highest BCUT2D eigenvalue weighted by Crippen LogP contribution is 2.51. The van der Waals surface area contributed by atoms with Crippen LogP contribution in [0.25, 0.3) is 0 Å². The second-order valence-electron chi connectivity index (χ2n) is 7.51. The van der Waals surface area contributed by atoms with Crippen molar-refractivity contribution in [1.29, 1.82) is 0 Å². The summed E-state index contributed by atoms with van der Waals surface area (Å²) in [4.78, 5) is 50.7. The summed E-state index contributed by atoms with van der Waals surface area (Å²) in [5.41, 5.74) is -4.00. The van der Waals surface area contributed by atoms with Gasteiger partial charge in [0.15, 0.2) is 11.4 Å². The summed E-state index contributed by atoms with van der Waals surface area (Å²) in [7, 11) is 0. The van der Waals surface area contributed by atoms with Gasteiger partial charge < -0.3 is 9.47 Å². The van der Waals surface area contributed by atoms with E-state index in [1.807, 2.05) is 0 Å². The van der Waals surface area contributed by atoms with Crippen molar-refractivity contribution in [2.75, 3.05) is 16.4 Å². The molecule has 1 aromatic rings.